The number of ether oxygens (including phenoxy) is 1. The molecule has 0 spiro atoms. The zero-order valence-corrected chi connectivity index (χ0v) is 9.94. The van der Waals surface area contributed by atoms with E-state index in [1.54, 1.807) is 13.2 Å². The van der Waals surface area contributed by atoms with E-state index in [0.29, 0.717) is 30.5 Å². The molecule has 6 heteroatoms. The molecule has 0 aliphatic rings. The second kappa shape index (κ2) is 6.30. The summed E-state index contributed by atoms with van der Waals surface area (Å²) in [5, 5.41) is 0.362. The van der Waals surface area contributed by atoms with E-state index in [1.807, 2.05) is 4.90 Å². The monoisotopic (exact) mass is 242 g/mol. The minimum absolute atomic E-state index is 0.276. The van der Waals surface area contributed by atoms with Gasteiger partial charge in [-0.2, -0.15) is 0 Å². The second-order valence-electron chi connectivity index (χ2n) is 3.12. The van der Waals surface area contributed by atoms with Crippen LogP contribution in [0.15, 0.2) is 19.0 Å². The number of nitrogens with two attached hydrogens (primary N) is 1. The van der Waals surface area contributed by atoms with Crippen LogP contribution in [-0.4, -0.2) is 36.8 Å². The first-order valence-electron chi connectivity index (χ1n) is 4.81. The van der Waals surface area contributed by atoms with Crippen molar-refractivity contribution in [1.29, 1.82) is 0 Å². The van der Waals surface area contributed by atoms with Crippen LogP contribution in [0, 0.1) is 0 Å². The van der Waals surface area contributed by atoms with Crippen molar-refractivity contribution in [3.05, 3.63) is 24.0 Å². The average Bonchev–Trinajstić information content (AvgIpc) is 2.28. The molecule has 5 nitrogen and oxygen atoms in total. The highest BCUT2D eigenvalue weighted by atomic mass is 35.5. The minimum atomic E-state index is 0.276. The fourth-order valence-electron chi connectivity index (χ4n) is 1.24. The lowest BCUT2D eigenvalue weighted by atomic mass is 10.4. The third-order valence-electron chi connectivity index (χ3n) is 2.01. The highest BCUT2D eigenvalue weighted by Gasteiger charge is 2.13. The highest BCUT2D eigenvalue weighted by Crippen LogP contribution is 2.26. The van der Waals surface area contributed by atoms with Crippen molar-refractivity contribution in [2.75, 3.05) is 37.4 Å². The molecule has 0 fully saturated rings. The summed E-state index contributed by atoms with van der Waals surface area (Å²) in [6.07, 6.45) is 3.16. The normalized spacial score (nSPS) is 10.1. The van der Waals surface area contributed by atoms with Gasteiger partial charge in [-0.05, 0) is 0 Å². The van der Waals surface area contributed by atoms with Crippen LogP contribution in [0.1, 0.15) is 0 Å². The summed E-state index contributed by atoms with van der Waals surface area (Å²) in [6.45, 7) is 5.55. The maximum absolute atomic E-state index is 6.04. The Labute approximate surface area is 99.9 Å². The van der Waals surface area contributed by atoms with Crippen LogP contribution in [0.4, 0.5) is 11.6 Å². The van der Waals surface area contributed by atoms with E-state index in [4.69, 9.17) is 22.1 Å². The topological polar surface area (TPSA) is 64.3 Å². The fraction of sp³-hybridized carbons (Fsp3) is 0.400. The summed E-state index contributed by atoms with van der Waals surface area (Å²) in [4.78, 5) is 9.85. The molecule has 1 heterocycles. The zero-order chi connectivity index (χ0) is 12.0. The van der Waals surface area contributed by atoms with Gasteiger partial charge in [-0.25, -0.2) is 9.97 Å². The number of nitrogen functional groups attached to an aromatic ring is 1. The number of hydrogen-bond acceptors (Lipinski definition) is 5. The smallest absolute Gasteiger partial charge is 0.153 e. The molecular weight excluding hydrogens is 228 g/mol. The molecule has 2 N–H and O–H groups in total. The quantitative estimate of drug-likeness (QED) is 0.763. The molecule has 0 aliphatic heterocycles. The maximum Gasteiger partial charge on any atom is 0.153 e. The average molecular weight is 243 g/mol. The van der Waals surface area contributed by atoms with Crippen LogP contribution < -0.4 is 10.6 Å². The van der Waals surface area contributed by atoms with E-state index in [9.17, 15) is 0 Å². The van der Waals surface area contributed by atoms with Crippen LogP contribution >= 0.6 is 11.6 Å². The predicted octanol–water partition coefficient (Wildman–Crippen LogP) is 1.35. The molecule has 0 aromatic carbocycles. The predicted molar refractivity (Wildman–Crippen MR) is 65.7 cm³/mol. The van der Waals surface area contributed by atoms with E-state index in [-0.39, 0.29) is 5.82 Å². The van der Waals surface area contributed by atoms with Gasteiger partial charge in [-0.1, -0.05) is 17.7 Å². The maximum atomic E-state index is 6.04. The van der Waals surface area contributed by atoms with Crippen molar-refractivity contribution < 1.29 is 4.74 Å². The Morgan fingerprint density at radius 2 is 2.38 bits per heavy atom. The number of anilines is 2. The largest absolute Gasteiger partial charge is 0.383 e. The van der Waals surface area contributed by atoms with E-state index in [0.717, 1.165) is 0 Å². The SMILES string of the molecule is C=CCN(CCOC)c1ncnc(N)c1Cl. The van der Waals surface area contributed by atoms with Crippen LogP contribution in [0.3, 0.4) is 0 Å². The molecule has 0 atom stereocenters. The molecule has 16 heavy (non-hydrogen) atoms. The van der Waals surface area contributed by atoms with Gasteiger partial charge in [0.1, 0.15) is 17.2 Å². The van der Waals surface area contributed by atoms with Crippen molar-refractivity contribution in [3.8, 4) is 0 Å². The number of halogens is 1. The Balaban J connectivity index is 2.91. The first-order chi connectivity index (χ1) is 7.70. The lowest BCUT2D eigenvalue weighted by molar-refractivity contribution is 0.205. The van der Waals surface area contributed by atoms with Crippen molar-refractivity contribution in [3.63, 3.8) is 0 Å². The molecule has 1 rings (SSSR count). The molecule has 0 amide bonds. The third-order valence-corrected chi connectivity index (χ3v) is 2.38. The van der Waals surface area contributed by atoms with Gasteiger partial charge in [0.25, 0.3) is 0 Å². The number of nitrogens with zero attached hydrogens (tertiary/aromatic N) is 3. The van der Waals surface area contributed by atoms with Crippen molar-refractivity contribution in [1.82, 2.24) is 9.97 Å². The van der Waals surface area contributed by atoms with Crippen molar-refractivity contribution in [2.45, 2.75) is 0 Å². The van der Waals surface area contributed by atoms with Crippen LogP contribution in [0.5, 0.6) is 0 Å². The van der Waals surface area contributed by atoms with Crippen LogP contribution in [0.25, 0.3) is 0 Å². The Bertz CT molecular complexity index is 359. The van der Waals surface area contributed by atoms with Crippen LogP contribution in [0.2, 0.25) is 5.02 Å². The van der Waals surface area contributed by atoms with Gasteiger partial charge >= 0.3 is 0 Å². The molecular formula is C10H15ClN4O. The number of methoxy groups -OCH3 is 1. The van der Waals surface area contributed by atoms with E-state index in [2.05, 4.69) is 16.5 Å². The van der Waals surface area contributed by atoms with Crippen LogP contribution in [-0.2, 0) is 4.74 Å². The second-order valence-corrected chi connectivity index (χ2v) is 3.50. The summed E-state index contributed by atoms with van der Waals surface area (Å²) < 4.78 is 5.02. The van der Waals surface area contributed by atoms with Gasteiger partial charge < -0.3 is 15.4 Å². The summed E-state index contributed by atoms with van der Waals surface area (Å²) in [5.74, 6) is 0.879. The Hall–Kier alpha value is -1.33. The molecule has 1 aromatic rings. The lowest BCUT2D eigenvalue weighted by Gasteiger charge is -2.22. The third kappa shape index (κ3) is 3.08. The first-order valence-corrected chi connectivity index (χ1v) is 5.19. The Morgan fingerprint density at radius 3 is 3.00 bits per heavy atom. The molecule has 0 unspecified atom stereocenters. The molecule has 0 saturated heterocycles. The summed E-state index contributed by atoms with van der Waals surface area (Å²) >= 11 is 6.04. The highest BCUT2D eigenvalue weighted by molar-refractivity contribution is 6.35. The minimum Gasteiger partial charge on any atom is -0.383 e. The molecule has 88 valence electrons. The van der Waals surface area contributed by atoms with Gasteiger partial charge in [-0.15, -0.1) is 6.58 Å². The lowest BCUT2D eigenvalue weighted by Crippen LogP contribution is -2.28. The van der Waals surface area contributed by atoms with Gasteiger partial charge in [0, 0.05) is 20.2 Å². The number of rotatable bonds is 6. The van der Waals surface area contributed by atoms with Crippen molar-refractivity contribution >= 4 is 23.2 Å². The van der Waals surface area contributed by atoms with Crippen molar-refractivity contribution in [2.24, 2.45) is 0 Å². The number of hydrogen-bond donors (Lipinski definition) is 1. The molecule has 0 bridgehead atoms. The van der Waals surface area contributed by atoms with Gasteiger partial charge in [-0.3, -0.25) is 0 Å². The Morgan fingerprint density at radius 1 is 1.62 bits per heavy atom. The fourth-order valence-corrected chi connectivity index (χ4v) is 1.45. The van der Waals surface area contributed by atoms with Gasteiger partial charge in [0.2, 0.25) is 0 Å². The zero-order valence-electron chi connectivity index (χ0n) is 9.19. The summed E-state index contributed by atoms with van der Waals surface area (Å²) in [5.41, 5.74) is 5.62. The van der Waals surface area contributed by atoms with E-state index < -0.39 is 0 Å². The molecule has 0 radical (unpaired) electrons. The van der Waals surface area contributed by atoms with E-state index >= 15 is 0 Å². The molecule has 0 saturated carbocycles. The van der Waals surface area contributed by atoms with Gasteiger partial charge in [0.05, 0.1) is 6.61 Å². The first kappa shape index (κ1) is 12.7. The van der Waals surface area contributed by atoms with Gasteiger partial charge in [0.15, 0.2) is 5.82 Å². The Kier molecular flexibility index (Phi) is 5.01. The standard InChI is InChI=1S/C10H15ClN4O/c1-3-4-15(5-6-16-2)10-8(11)9(12)13-7-14-10/h3,7H,1,4-6H2,2H3,(H2,12,13,14). The molecule has 1 aromatic heterocycles. The van der Waals surface area contributed by atoms with E-state index in [1.165, 1.54) is 6.33 Å². The number of aromatic nitrogens is 2. The summed E-state index contributed by atoms with van der Waals surface area (Å²) in [6, 6.07) is 0. The molecule has 0 aliphatic carbocycles. The summed E-state index contributed by atoms with van der Waals surface area (Å²) in [7, 11) is 1.64.